The molecule has 2 N–H and O–H groups in total. The Bertz CT molecular complexity index is 1190. The van der Waals surface area contributed by atoms with E-state index in [1.54, 1.807) is 7.11 Å². The molecule has 26 heavy (non-hydrogen) atoms. The van der Waals surface area contributed by atoms with Crippen molar-refractivity contribution in [3.8, 4) is 17.0 Å². The van der Waals surface area contributed by atoms with Gasteiger partial charge in [-0.1, -0.05) is 24.3 Å². The lowest BCUT2D eigenvalue weighted by atomic mass is 10.1. The summed E-state index contributed by atoms with van der Waals surface area (Å²) in [4.78, 5) is 13.0. The van der Waals surface area contributed by atoms with Crippen molar-refractivity contribution in [2.75, 3.05) is 12.4 Å². The first-order valence-electron chi connectivity index (χ1n) is 8.01. The molecule has 0 aliphatic rings. The molecule has 0 fully saturated rings. The smallest absolute Gasteiger partial charge is 0.250 e. The second-order valence-corrected chi connectivity index (χ2v) is 6.52. The van der Waals surface area contributed by atoms with Crippen molar-refractivity contribution in [2.24, 2.45) is 0 Å². The van der Waals surface area contributed by atoms with Crippen LogP contribution in [0.2, 0.25) is 0 Å². The van der Waals surface area contributed by atoms with Gasteiger partial charge in [0.15, 0.2) is 0 Å². The molecule has 0 atom stereocenters. The summed E-state index contributed by atoms with van der Waals surface area (Å²) in [5.74, 6) is 1.91. The Balaban J connectivity index is 1.53. The second kappa shape index (κ2) is 5.85. The van der Waals surface area contributed by atoms with E-state index >= 15 is 0 Å². The number of aromatic amines is 1. The number of fused-ring (bicyclic) bond motifs is 2. The van der Waals surface area contributed by atoms with E-state index < -0.39 is 0 Å². The molecule has 0 unspecified atom stereocenters. The first kappa shape index (κ1) is 14.9. The molecule has 8 heteroatoms. The number of para-hydroxylation sites is 3. The highest BCUT2D eigenvalue weighted by Gasteiger charge is 2.15. The van der Waals surface area contributed by atoms with Crippen molar-refractivity contribution in [3.05, 3.63) is 53.9 Å². The molecule has 0 aliphatic carbocycles. The van der Waals surface area contributed by atoms with Gasteiger partial charge < -0.3 is 9.72 Å². The van der Waals surface area contributed by atoms with Crippen LogP contribution in [0.25, 0.3) is 27.3 Å². The van der Waals surface area contributed by atoms with Gasteiger partial charge in [-0.05, 0) is 24.3 Å². The van der Waals surface area contributed by atoms with Gasteiger partial charge in [0.1, 0.15) is 5.75 Å². The number of nitrogens with one attached hydrogen (secondary N) is 2. The van der Waals surface area contributed by atoms with Crippen LogP contribution in [0.15, 0.2) is 53.9 Å². The van der Waals surface area contributed by atoms with Crippen molar-refractivity contribution in [1.29, 1.82) is 0 Å². The molecule has 0 bridgehead atoms. The minimum Gasteiger partial charge on any atom is -0.496 e. The Morgan fingerprint density at radius 2 is 1.92 bits per heavy atom. The van der Waals surface area contributed by atoms with Crippen molar-refractivity contribution in [3.63, 3.8) is 0 Å². The van der Waals surface area contributed by atoms with Crippen LogP contribution in [0, 0.1) is 0 Å². The quantitative estimate of drug-likeness (QED) is 0.503. The number of thiazole rings is 1. The van der Waals surface area contributed by atoms with E-state index in [2.05, 4.69) is 25.4 Å². The van der Waals surface area contributed by atoms with E-state index in [0.29, 0.717) is 11.9 Å². The number of ether oxygens (including phenoxy) is 1. The molecule has 2 aromatic carbocycles. The molecule has 3 aromatic heterocycles. The first-order valence-corrected chi connectivity index (χ1v) is 8.89. The molecule has 0 aliphatic heterocycles. The van der Waals surface area contributed by atoms with Crippen LogP contribution in [-0.4, -0.2) is 31.7 Å². The Hall–Kier alpha value is -3.39. The number of hydrogen-bond donors (Lipinski definition) is 2. The SMILES string of the molecule is COc1ccccc1-c1csc2nc(Nc3nc4ccccc4[nH]3)nn12. The largest absolute Gasteiger partial charge is 0.496 e. The number of hydrogen-bond acceptors (Lipinski definition) is 6. The third-order valence-electron chi connectivity index (χ3n) is 4.08. The van der Waals surface area contributed by atoms with Gasteiger partial charge in [0, 0.05) is 10.9 Å². The number of nitrogens with zero attached hydrogens (tertiary/aromatic N) is 4. The van der Waals surface area contributed by atoms with Crippen LogP contribution in [0.4, 0.5) is 11.9 Å². The Morgan fingerprint density at radius 3 is 2.81 bits per heavy atom. The highest BCUT2D eigenvalue weighted by atomic mass is 32.1. The van der Waals surface area contributed by atoms with Crippen LogP contribution in [0.1, 0.15) is 0 Å². The molecule has 0 spiro atoms. The normalized spacial score (nSPS) is 11.3. The highest BCUT2D eigenvalue weighted by Crippen LogP contribution is 2.32. The van der Waals surface area contributed by atoms with Crippen molar-refractivity contribution >= 4 is 39.2 Å². The molecule has 3 heterocycles. The third-order valence-corrected chi connectivity index (χ3v) is 4.90. The van der Waals surface area contributed by atoms with Gasteiger partial charge in [-0.25, -0.2) is 9.50 Å². The number of aromatic nitrogens is 5. The number of methoxy groups -OCH3 is 1. The molecule has 0 amide bonds. The summed E-state index contributed by atoms with van der Waals surface area (Å²) in [5.41, 5.74) is 3.77. The minimum absolute atomic E-state index is 0.493. The molecule has 5 aromatic rings. The van der Waals surface area contributed by atoms with Crippen LogP contribution < -0.4 is 10.1 Å². The zero-order valence-electron chi connectivity index (χ0n) is 13.8. The maximum absolute atomic E-state index is 5.47. The van der Waals surface area contributed by atoms with E-state index in [-0.39, 0.29) is 0 Å². The molecule has 7 nitrogen and oxygen atoms in total. The molecular weight excluding hydrogens is 348 g/mol. The van der Waals surface area contributed by atoms with Crippen molar-refractivity contribution < 1.29 is 4.74 Å². The summed E-state index contributed by atoms with van der Waals surface area (Å²) in [6, 6.07) is 15.7. The lowest BCUT2D eigenvalue weighted by Crippen LogP contribution is -1.96. The van der Waals surface area contributed by atoms with Crippen molar-refractivity contribution in [2.45, 2.75) is 0 Å². The average molecular weight is 362 g/mol. The number of imidazole rings is 1. The zero-order valence-corrected chi connectivity index (χ0v) is 14.6. The summed E-state index contributed by atoms with van der Waals surface area (Å²) >= 11 is 1.53. The summed E-state index contributed by atoms with van der Waals surface area (Å²) in [6.45, 7) is 0. The second-order valence-electron chi connectivity index (χ2n) is 5.68. The van der Waals surface area contributed by atoms with E-state index in [1.807, 2.05) is 58.4 Å². The maximum atomic E-state index is 5.47. The van der Waals surface area contributed by atoms with E-state index in [4.69, 9.17) is 4.74 Å². The fraction of sp³-hybridized carbons (Fsp3) is 0.0556. The number of benzene rings is 2. The monoisotopic (exact) mass is 362 g/mol. The van der Waals surface area contributed by atoms with Gasteiger partial charge in [0.2, 0.25) is 10.9 Å². The van der Waals surface area contributed by atoms with Gasteiger partial charge in [-0.3, -0.25) is 5.32 Å². The number of rotatable bonds is 4. The molecule has 0 saturated heterocycles. The molecule has 0 saturated carbocycles. The maximum Gasteiger partial charge on any atom is 0.250 e. The topological polar surface area (TPSA) is 80.1 Å². The highest BCUT2D eigenvalue weighted by molar-refractivity contribution is 7.15. The predicted octanol–water partition coefficient (Wildman–Crippen LogP) is 4.09. The molecular formula is C18H14N6OS. The molecule has 5 rings (SSSR count). The fourth-order valence-corrected chi connectivity index (χ4v) is 3.72. The van der Waals surface area contributed by atoms with Gasteiger partial charge in [-0.15, -0.1) is 16.4 Å². The fourth-order valence-electron chi connectivity index (χ4n) is 2.89. The first-order chi connectivity index (χ1) is 12.8. The summed E-state index contributed by atoms with van der Waals surface area (Å²) in [5, 5.41) is 9.75. The zero-order chi connectivity index (χ0) is 17.5. The summed E-state index contributed by atoms with van der Waals surface area (Å²) in [7, 11) is 1.66. The average Bonchev–Trinajstić information content (AvgIpc) is 3.35. The van der Waals surface area contributed by atoms with Gasteiger partial charge >= 0.3 is 0 Å². The summed E-state index contributed by atoms with van der Waals surface area (Å²) in [6.07, 6.45) is 0. The van der Waals surface area contributed by atoms with Crippen molar-refractivity contribution in [1.82, 2.24) is 24.6 Å². The molecule has 0 radical (unpaired) electrons. The lowest BCUT2D eigenvalue weighted by Gasteiger charge is -2.06. The van der Waals surface area contributed by atoms with E-state index in [0.717, 1.165) is 33.0 Å². The standard InChI is InChI=1S/C18H14N6OS/c1-25-15-9-5-2-6-11(15)14-10-26-18-22-17(23-24(14)18)21-16-19-12-7-3-4-8-13(12)20-16/h2-10H,1H3,(H2,19,20,21,23). The predicted molar refractivity (Wildman–Crippen MR) is 102 cm³/mol. The number of anilines is 2. The van der Waals surface area contributed by atoms with Gasteiger partial charge in [0.05, 0.1) is 23.8 Å². The van der Waals surface area contributed by atoms with Crippen LogP contribution in [-0.2, 0) is 0 Å². The summed E-state index contributed by atoms with van der Waals surface area (Å²) < 4.78 is 7.28. The van der Waals surface area contributed by atoms with E-state index in [1.165, 1.54) is 11.3 Å². The van der Waals surface area contributed by atoms with Crippen LogP contribution in [0.3, 0.4) is 0 Å². The Labute approximate surface area is 152 Å². The van der Waals surface area contributed by atoms with Crippen LogP contribution >= 0.6 is 11.3 Å². The third kappa shape index (κ3) is 2.39. The van der Waals surface area contributed by atoms with Crippen LogP contribution in [0.5, 0.6) is 5.75 Å². The van der Waals surface area contributed by atoms with E-state index in [9.17, 15) is 0 Å². The van der Waals surface area contributed by atoms with Gasteiger partial charge in [0.25, 0.3) is 5.95 Å². The Morgan fingerprint density at radius 1 is 1.08 bits per heavy atom. The number of H-pyrrole nitrogens is 1. The lowest BCUT2D eigenvalue weighted by molar-refractivity contribution is 0.416. The minimum atomic E-state index is 0.493. The molecule has 128 valence electrons. The Kier molecular flexibility index (Phi) is 3.36. The van der Waals surface area contributed by atoms with Gasteiger partial charge in [-0.2, -0.15) is 4.98 Å².